The number of benzene rings is 2. The lowest BCUT2D eigenvalue weighted by atomic mass is 9.99. The Bertz CT molecular complexity index is 524. The maximum atomic E-state index is 9.75. The Balaban J connectivity index is 2.17. The van der Waals surface area contributed by atoms with E-state index in [1.807, 2.05) is 13.0 Å². The fourth-order valence-corrected chi connectivity index (χ4v) is 2.40. The van der Waals surface area contributed by atoms with E-state index in [1.165, 1.54) is 16.7 Å². The van der Waals surface area contributed by atoms with Crippen molar-refractivity contribution in [3.05, 3.63) is 60.2 Å². The quantitative estimate of drug-likeness (QED) is 0.867. The topological polar surface area (TPSA) is 23.5 Å². The number of nitrogens with zero attached hydrogens (tertiary/aromatic N) is 1. The molecule has 0 aliphatic heterocycles. The molecule has 2 nitrogen and oxygen atoms in total. The van der Waals surface area contributed by atoms with Gasteiger partial charge in [0.1, 0.15) is 0 Å². The summed E-state index contributed by atoms with van der Waals surface area (Å²) in [5, 5.41) is 9.75. The van der Waals surface area contributed by atoms with Crippen LogP contribution in [0.5, 0.6) is 0 Å². The molecule has 0 heterocycles. The second kappa shape index (κ2) is 7.22. The molecule has 0 aromatic heterocycles. The Kier molecular flexibility index (Phi) is 5.33. The van der Waals surface area contributed by atoms with Gasteiger partial charge >= 0.3 is 0 Å². The van der Waals surface area contributed by atoms with Gasteiger partial charge in [0.25, 0.3) is 0 Å². The number of rotatable bonds is 6. The van der Waals surface area contributed by atoms with Gasteiger partial charge in [-0.3, -0.25) is 4.90 Å². The Hall–Kier alpha value is -1.64. The Morgan fingerprint density at radius 1 is 1.00 bits per heavy atom. The monoisotopic (exact) mass is 269 g/mol. The summed E-state index contributed by atoms with van der Waals surface area (Å²) in [5.74, 6) is 0. The lowest BCUT2D eigenvalue weighted by Gasteiger charge is -2.21. The molecule has 2 heteroatoms. The third-order valence-corrected chi connectivity index (χ3v) is 3.54. The molecule has 0 amide bonds. The highest BCUT2D eigenvalue weighted by Gasteiger charge is 2.09. The van der Waals surface area contributed by atoms with Gasteiger partial charge in [-0.05, 0) is 30.2 Å². The van der Waals surface area contributed by atoms with Crippen molar-refractivity contribution in [1.29, 1.82) is 0 Å². The number of hydrogen-bond donors (Lipinski definition) is 1. The lowest BCUT2D eigenvalue weighted by molar-refractivity contribution is 0.119. The van der Waals surface area contributed by atoms with Crippen molar-refractivity contribution in [2.75, 3.05) is 13.6 Å². The van der Waals surface area contributed by atoms with Crippen molar-refractivity contribution in [2.45, 2.75) is 26.0 Å². The van der Waals surface area contributed by atoms with Crippen molar-refractivity contribution in [3.8, 4) is 11.1 Å². The minimum atomic E-state index is -0.246. The molecule has 0 aliphatic rings. The number of aliphatic hydroxyl groups is 1. The van der Waals surface area contributed by atoms with E-state index in [-0.39, 0.29) is 6.10 Å². The van der Waals surface area contributed by atoms with E-state index >= 15 is 0 Å². The zero-order chi connectivity index (χ0) is 14.4. The van der Waals surface area contributed by atoms with Crippen LogP contribution < -0.4 is 0 Å². The molecule has 1 N–H and O–H groups in total. The first-order valence-corrected chi connectivity index (χ1v) is 7.20. The normalized spacial score (nSPS) is 12.6. The maximum Gasteiger partial charge on any atom is 0.0664 e. The molecule has 2 aromatic rings. The average molecular weight is 269 g/mol. The second-order valence-corrected chi connectivity index (χ2v) is 5.28. The van der Waals surface area contributed by atoms with Crippen LogP contribution in [0.3, 0.4) is 0 Å². The second-order valence-electron chi connectivity index (χ2n) is 5.28. The van der Waals surface area contributed by atoms with E-state index in [0.29, 0.717) is 6.54 Å². The molecule has 0 aliphatic carbocycles. The van der Waals surface area contributed by atoms with E-state index in [0.717, 1.165) is 13.0 Å². The van der Waals surface area contributed by atoms with E-state index in [9.17, 15) is 5.11 Å². The third-order valence-electron chi connectivity index (χ3n) is 3.54. The van der Waals surface area contributed by atoms with Gasteiger partial charge in [0.2, 0.25) is 0 Å². The number of hydrogen-bond acceptors (Lipinski definition) is 2. The number of likely N-dealkylation sites (N-methyl/N-ethyl adjacent to an activating group) is 1. The predicted octanol–water partition coefficient (Wildman–Crippen LogP) is 3.56. The van der Waals surface area contributed by atoms with Gasteiger partial charge in [-0.2, -0.15) is 0 Å². The van der Waals surface area contributed by atoms with Crippen LogP contribution in [0.2, 0.25) is 0 Å². The van der Waals surface area contributed by atoms with Gasteiger partial charge in [0.15, 0.2) is 0 Å². The van der Waals surface area contributed by atoms with E-state index in [1.54, 1.807) is 0 Å². The SMILES string of the molecule is CC[C@@H](O)CN(C)Cc1ccccc1-c1ccccc1. The molecule has 0 fully saturated rings. The van der Waals surface area contributed by atoms with Gasteiger partial charge in [-0.15, -0.1) is 0 Å². The van der Waals surface area contributed by atoms with Crippen LogP contribution in [0.4, 0.5) is 0 Å². The highest BCUT2D eigenvalue weighted by atomic mass is 16.3. The zero-order valence-corrected chi connectivity index (χ0v) is 12.3. The van der Waals surface area contributed by atoms with Gasteiger partial charge in [-0.1, -0.05) is 61.5 Å². The first kappa shape index (κ1) is 14.8. The first-order chi connectivity index (χ1) is 9.70. The maximum absolute atomic E-state index is 9.75. The largest absolute Gasteiger partial charge is 0.392 e. The molecule has 106 valence electrons. The van der Waals surface area contributed by atoms with E-state index in [2.05, 4.69) is 60.5 Å². The fraction of sp³-hybridized carbons (Fsp3) is 0.333. The van der Waals surface area contributed by atoms with E-state index in [4.69, 9.17) is 0 Å². The average Bonchev–Trinajstić information content (AvgIpc) is 2.48. The standard InChI is InChI=1S/C18H23NO/c1-3-17(20)14-19(2)13-16-11-7-8-12-18(16)15-9-5-4-6-10-15/h4-12,17,20H,3,13-14H2,1-2H3/t17-/m1/s1. The van der Waals surface area contributed by atoms with Crippen molar-refractivity contribution in [1.82, 2.24) is 4.90 Å². The summed E-state index contributed by atoms with van der Waals surface area (Å²) in [5.41, 5.74) is 3.81. The molecular weight excluding hydrogens is 246 g/mol. The minimum Gasteiger partial charge on any atom is -0.392 e. The predicted molar refractivity (Wildman–Crippen MR) is 84.5 cm³/mol. The molecule has 2 rings (SSSR count). The molecule has 0 spiro atoms. The van der Waals surface area contributed by atoms with Crippen LogP contribution in [-0.2, 0) is 6.54 Å². The summed E-state index contributed by atoms with van der Waals surface area (Å²) in [6.45, 7) is 3.57. The summed E-state index contributed by atoms with van der Waals surface area (Å²) in [4.78, 5) is 2.18. The van der Waals surface area contributed by atoms with Crippen LogP contribution in [0.15, 0.2) is 54.6 Å². The smallest absolute Gasteiger partial charge is 0.0664 e. The van der Waals surface area contributed by atoms with E-state index < -0.39 is 0 Å². The lowest BCUT2D eigenvalue weighted by Crippen LogP contribution is -2.28. The van der Waals surface area contributed by atoms with Crippen LogP contribution in [0.25, 0.3) is 11.1 Å². The Morgan fingerprint density at radius 2 is 1.65 bits per heavy atom. The van der Waals surface area contributed by atoms with Gasteiger partial charge in [-0.25, -0.2) is 0 Å². The minimum absolute atomic E-state index is 0.246. The summed E-state index contributed by atoms with van der Waals surface area (Å²) in [6.07, 6.45) is 0.550. The highest BCUT2D eigenvalue weighted by molar-refractivity contribution is 5.67. The van der Waals surface area contributed by atoms with Crippen LogP contribution >= 0.6 is 0 Å². The summed E-state index contributed by atoms with van der Waals surface area (Å²) >= 11 is 0. The number of aliphatic hydroxyl groups excluding tert-OH is 1. The molecule has 0 saturated carbocycles. The fourth-order valence-electron chi connectivity index (χ4n) is 2.40. The first-order valence-electron chi connectivity index (χ1n) is 7.20. The van der Waals surface area contributed by atoms with Crippen molar-refractivity contribution in [2.24, 2.45) is 0 Å². The highest BCUT2D eigenvalue weighted by Crippen LogP contribution is 2.24. The molecule has 0 radical (unpaired) electrons. The van der Waals surface area contributed by atoms with Gasteiger partial charge < -0.3 is 5.11 Å². The Labute approximate surface area is 121 Å². The van der Waals surface area contributed by atoms with Gasteiger partial charge in [0.05, 0.1) is 6.10 Å². The molecule has 0 bridgehead atoms. The Morgan fingerprint density at radius 3 is 2.35 bits per heavy atom. The van der Waals surface area contributed by atoms with Crippen LogP contribution in [0, 0.1) is 0 Å². The zero-order valence-electron chi connectivity index (χ0n) is 12.3. The molecule has 20 heavy (non-hydrogen) atoms. The summed E-state index contributed by atoms with van der Waals surface area (Å²) in [6, 6.07) is 18.9. The summed E-state index contributed by atoms with van der Waals surface area (Å²) < 4.78 is 0. The molecule has 1 atom stereocenters. The van der Waals surface area contributed by atoms with Crippen molar-refractivity contribution >= 4 is 0 Å². The molecule has 0 unspecified atom stereocenters. The third kappa shape index (κ3) is 3.92. The molecular formula is C18H23NO. The van der Waals surface area contributed by atoms with Crippen LogP contribution in [-0.4, -0.2) is 29.7 Å². The van der Waals surface area contributed by atoms with Crippen LogP contribution in [0.1, 0.15) is 18.9 Å². The van der Waals surface area contributed by atoms with Gasteiger partial charge in [0, 0.05) is 13.1 Å². The molecule has 0 saturated heterocycles. The summed E-state index contributed by atoms with van der Waals surface area (Å²) in [7, 11) is 2.06. The van der Waals surface area contributed by atoms with Crippen molar-refractivity contribution in [3.63, 3.8) is 0 Å². The van der Waals surface area contributed by atoms with Crippen molar-refractivity contribution < 1.29 is 5.11 Å². The molecule has 2 aromatic carbocycles.